The molecule has 1 aromatic carbocycles. The summed E-state index contributed by atoms with van der Waals surface area (Å²) in [6.45, 7) is 2.95. The highest BCUT2D eigenvalue weighted by Crippen LogP contribution is 2.39. The number of aromatic amines is 1. The van der Waals surface area contributed by atoms with Crippen LogP contribution in [0.4, 0.5) is 0 Å². The van der Waals surface area contributed by atoms with Gasteiger partial charge in [-0.25, -0.2) is 0 Å². The molecule has 2 N–H and O–H groups in total. The minimum Gasteiger partial charge on any atom is -0.459 e. The quantitative estimate of drug-likeness (QED) is 0.661. The Labute approximate surface area is 180 Å². The van der Waals surface area contributed by atoms with Gasteiger partial charge in [-0.3, -0.25) is 14.5 Å². The molecule has 4 heterocycles. The highest BCUT2D eigenvalue weighted by molar-refractivity contribution is 5.91. The smallest absolute Gasteiger partial charge is 0.287 e. The van der Waals surface area contributed by atoms with Gasteiger partial charge in [-0.05, 0) is 55.3 Å². The number of piperidine rings is 1. The van der Waals surface area contributed by atoms with Crippen LogP contribution in [0.15, 0.2) is 57.9 Å². The number of nitrogens with one attached hydrogen (secondary N) is 2. The second kappa shape index (κ2) is 8.32. The molecule has 1 unspecified atom stereocenters. The number of hydrogen-bond acceptors (Lipinski definition) is 5. The van der Waals surface area contributed by atoms with E-state index in [-0.39, 0.29) is 23.2 Å². The number of hydrogen-bond donors (Lipinski definition) is 2. The Morgan fingerprint density at radius 3 is 2.81 bits per heavy atom. The second-order valence-corrected chi connectivity index (χ2v) is 8.64. The molecule has 31 heavy (non-hydrogen) atoms. The lowest BCUT2D eigenvalue weighted by Gasteiger charge is -2.39. The van der Waals surface area contributed by atoms with Gasteiger partial charge in [-0.2, -0.15) is 0 Å². The number of fused-ring (bicyclic) bond motifs is 1. The molecule has 3 aromatic rings. The molecule has 7 nitrogen and oxygen atoms in total. The Bertz CT molecular complexity index is 1110. The van der Waals surface area contributed by atoms with Crippen LogP contribution in [0.3, 0.4) is 0 Å². The van der Waals surface area contributed by atoms with Crippen LogP contribution >= 0.6 is 0 Å². The average Bonchev–Trinajstić information content (AvgIpc) is 3.45. The fourth-order valence-corrected chi connectivity index (χ4v) is 4.78. The lowest BCUT2D eigenvalue weighted by molar-refractivity contribution is -0.0765. The number of nitrogens with zero attached hydrogens (tertiary/aromatic N) is 1. The first-order chi connectivity index (χ1) is 15.1. The third-order valence-electron chi connectivity index (χ3n) is 6.57. The molecule has 2 fully saturated rings. The third-order valence-corrected chi connectivity index (χ3v) is 6.57. The van der Waals surface area contributed by atoms with Gasteiger partial charge >= 0.3 is 0 Å². The lowest BCUT2D eigenvalue weighted by Crippen LogP contribution is -2.45. The van der Waals surface area contributed by atoms with Crippen LogP contribution in [0.25, 0.3) is 10.9 Å². The van der Waals surface area contributed by atoms with Crippen molar-refractivity contribution in [3.63, 3.8) is 0 Å². The summed E-state index contributed by atoms with van der Waals surface area (Å²) >= 11 is 0. The highest BCUT2D eigenvalue weighted by atomic mass is 16.5. The Hall–Kier alpha value is -2.90. The van der Waals surface area contributed by atoms with Crippen molar-refractivity contribution >= 4 is 16.8 Å². The largest absolute Gasteiger partial charge is 0.459 e. The normalized spacial score (nSPS) is 21.0. The molecular weight excluding hydrogens is 394 g/mol. The average molecular weight is 421 g/mol. The number of para-hydroxylation sites is 1. The van der Waals surface area contributed by atoms with E-state index in [2.05, 4.69) is 15.2 Å². The van der Waals surface area contributed by atoms with Crippen molar-refractivity contribution in [3.05, 3.63) is 70.4 Å². The SMILES string of the molecule is O=C(NCC1CCC2(CCN(Cc3cc4ccccc4[nH]c3=O)CC2)O1)c1ccco1. The van der Waals surface area contributed by atoms with Crippen LogP contribution in [0.1, 0.15) is 41.8 Å². The predicted octanol–water partition coefficient (Wildman–Crippen LogP) is 3.06. The summed E-state index contributed by atoms with van der Waals surface area (Å²) in [4.78, 5) is 29.8. The molecule has 0 bridgehead atoms. The Morgan fingerprint density at radius 2 is 2.00 bits per heavy atom. The summed E-state index contributed by atoms with van der Waals surface area (Å²) in [7, 11) is 0. The van der Waals surface area contributed by atoms with Gasteiger partial charge in [0.15, 0.2) is 5.76 Å². The Kier molecular flexibility index (Phi) is 5.38. The van der Waals surface area contributed by atoms with E-state index in [0.29, 0.717) is 18.8 Å². The molecule has 0 saturated carbocycles. The van der Waals surface area contributed by atoms with Crippen molar-refractivity contribution < 1.29 is 13.9 Å². The van der Waals surface area contributed by atoms with Crippen molar-refractivity contribution in [2.24, 2.45) is 0 Å². The molecular formula is C24H27N3O4. The van der Waals surface area contributed by atoms with E-state index in [4.69, 9.17) is 9.15 Å². The van der Waals surface area contributed by atoms with Crippen LogP contribution in [0.5, 0.6) is 0 Å². The maximum Gasteiger partial charge on any atom is 0.287 e. The number of likely N-dealkylation sites (tertiary alicyclic amines) is 1. The first-order valence-corrected chi connectivity index (χ1v) is 10.9. The molecule has 1 amide bonds. The fourth-order valence-electron chi connectivity index (χ4n) is 4.78. The van der Waals surface area contributed by atoms with Gasteiger partial charge in [-0.1, -0.05) is 18.2 Å². The van der Waals surface area contributed by atoms with Gasteiger partial charge in [0.25, 0.3) is 11.5 Å². The fraction of sp³-hybridized carbons (Fsp3) is 0.417. The van der Waals surface area contributed by atoms with Crippen LogP contribution in [0.2, 0.25) is 0 Å². The van der Waals surface area contributed by atoms with Crippen LogP contribution in [-0.2, 0) is 11.3 Å². The summed E-state index contributed by atoms with van der Waals surface area (Å²) in [5.41, 5.74) is 1.56. The first kappa shape index (κ1) is 20.0. The number of H-pyrrole nitrogens is 1. The van der Waals surface area contributed by atoms with Crippen LogP contribution in [0, 0.1) is 0 Å². The molecule has 2 aliphatic heterocycles. The Morgan fingerprint density at radius 1 is 1.16 bits per heavy atom. The number of benzene rings is 1. The van der Waals surface area contributed by atoms with Crippen LogP contribution < -0.4 is 10.9 Å². The zero-order valence-corrected chi connectivity index (χ0v) is 17.4. The molecule has 0 aliphatic carbocycles. The zero-order valence-electron chi connectivity index (χ0n) is 17.4. The second-order valence-electron chi connectivity index (χ2n) is 8.64. The van der Waals surface area contributed by atoms with E-state index >= 15 is 0 Å². The van der Waals surface area contributed by atoms with E-state index < -0.39 is 0 Å². The van der Waals surface area contributed by atoms with Crippen molar-refractivity contribution in [2.75, 3.05) is 19.6 Å². The molecule has 0 radical (unpaired) electrons. The van der Waals surface area contributed by atoms with E-state index in [1.807, 2.05) is 30.3 Å². The maximum atomic E-state index is 12.5. The van der Waals surface area contributed by atoms with Crippen molar-refractivity contribution in [2.45, 2.75) is 43.9 Å². The van der Waals surface area contributed by atoms with E-state index in [9.17, 15) is 9.59 Å². The number of ether oxygens (including phenoxy) is 1. The van der Waals surface area contributed by atoms with Gasteiger partial charge in [0.1, 0.15) is 0 Å². The number of carbonyl (C=O) groups excluding carboxylic acids is 1. The lowest BCUT2D eigenvalue weighted by atomic mass is 9.88. The number of rotatable bonds is 5. The standard InChI is InChI=1S/C24H27N3O4/c28-22-18(14-17-4-1-2-5-20(17)26-22)16-27-11-9-24(10-12-27)8-7-19(31-24)15-25-23(29)21-6-3-13-30-21/h1-6,13-14,19H,7-12,15-16H2,(H,25,29)(H,26,28). The van der Waals surface area contributed by atoms with Crippen molar-refractivity contribution in [3.8, 4) is 0 Å². The van der Waals surface area contributed by atoms with Gasteiger partial charge in [-0.15, -0.1) is 0 Å². The third kappa shape index (κ3) is 4.29. The molecule has 5 rings (SSSR count). The van der Waals surface area contributed by atoms with E-state index in [0.717, 1.165) is 55.2 Å². The van der Waals surface area contributed by atoms with Gasteiger partial charge in [0.05, 0.1) is 18.0 Å². The monoisotopic (exact) mass is 421 g/mol. The first-order valence-electron chi connectivity index (χ1n) is 10.9. The summed E-state index contributed by atoms with van der Waals surface area (Å²) in [6, 6.07) is 13.2. The number of amides is 1. The molecule has 1 spiro atoms. The van der Waals surface area contributed by atoms with Gasteiger partial charge in [0, 0.05) is 37.3 Å². The number of furan rings is 1. The molecule has 1 atom stereocenters. The summed E-state index contributed by atoms with van der Waals surface area (Å²) in [5, 5.41) is 3.96. The number of pyridine rings is 1. The van der Waals surface area contributed by atoms with E-state index in [1.165, 1.54) is 6.26 Å². The number of carbonyl (C=O) groups is 1. The Balaban J connectivity index is 1.14. The number of aromatic nitrogens is 1. The topological polar surface area (TPSA) is 87.6 Å². The summed E-state index contributed by atoms with van der Waals surface area (Å²) in [6.07, 6.45) is 5.38. The van der Waals surface area contributed by atoms with Crippen LogP contribution in [-0.4, -0.2) is 47.1 Å². The molecule has 2 aliphatic rings. The minimum absolute atomic E-state index is 0.0107. The summed E-state index contributed by atoms with van der Waals surface area (Å²) in [5.74, 6) is 0.120. The van der Waals surface area contributed by atoms with Gasteiger partial charge in [0.2, 0.25) is 0 Å². The molecule has 2 saturated heterocycles. The van der Waals surface area contributed by atoms with Crippen molar-refractivity contribution in [1.29, 1.82) is 0 Å². The zero-order chi connectivity index (χ0) is 21.3. The predicted molar refractivity (Wildman–Crippen MR) is 117 cm³/mol. The van der Waals surface area contributed by atoms with Crippen molar-refractivity contribution in [1.82, 2.24) is 15.2 Å². The minimum atomic E-state index is -0.204. The maximum absolute atomic E-state index is 12.5. The highest BCUT2D eigenvalue weighted by Gasteiger charge is 2.42. The molecule has 7 heteroatoms. The summed E-state index contributed by atoms with van der Waals surface area (Å²) < 4.78 is 11.5. The molecule has 162 valence electrons. The van der Waals surface area contributed by atoms with Gasteiger partial charge < -0.3 is 19.5 Å². The van der Waals surface area contributed by atoms with E-state index in [1.54, 1.807) is 12.1 Å². The molecule has 2 aromatic heterocycles.